The van der Waals surface area contributed by atoms with Crippen LogP contribution in [0, 0.1) is 0 Å². The molecule has 0 radical (unpaired) electrons. The van der Waals surface area contributed by atoms with E-state index in [4.69, 9.17) is 0 Å². The Kier molecular flexibility index (Phi) is 5.35. The Balaban J connectivity index is 1.84. The number of carbonyl (C=O) groups is 1. The number of sulfonamides is 1. The normalized spacial score (nSPS) is 18.5. The predicted octanol–water partition coefficient (Wildman–Crippen LogP) is 4.77. The SMILES string of the molecule is CC(=O)N(c1ccccc1)C1CC(C)N(S(=O)(=O)c2ccccc2)c2ccccc21. The number of hydrogen-bond acceptors (Lipinski definition) is 3. The van der Waals surface area contributed by atoms with Crippen molar-refractivity contribution in [3.63, 3.8) is 0 Å². The quantitative estimate of drug-likeness (QED) is 0.611. The van der Waals surface area contributed by atoms with Gasteiger partial charge in [-0.2, -0.15) is 0 Å². The first-order valence-electron chi connectivity index (χ1n) is 9.94. The van der Waals surface area contributed by atoms with Crippen LogP contribution in [0.5, 0.6) is 0 Å². The lowest BCUT2D eigenvalue weighted by atomic mass is 9.91. The molecule has 5 nitrogen and oxygen atoms in total. The molecule has 0 spiro atoms. The van der Waals surface area contributed by atoms with E-state index in [1.807, 2.05) is 61.5 Å². The number of para-hydroxylation sites is 2. The minimum atomic E-state index is -3.73. The van der Waals surface area contributed by atoms with Gasteiger partial charge in [-0.25, -0.2) is 8.42 Å². The van der Waals surface area contributed by atoms with E-state index in [9.17, 15) is 13.2 Å². The molecule has 0 bridgehead atoms. The molecular weight excluding hydrogens is 396 g/mol. The van der Waals surface area contributed by atoms with Crippen molar-refractivity contribution >= 4 is 27.3 Å². The smallest absolute Gasteiger partial charge is 0.264 e. The van der Waals surface area contributed by atoms with Crippen molar-refractivity contribution in [2.45, 2.75) is 37.2 Å². The van der Waals surface area contributed by atoms with Crippen LogP contribution in [-0.2, 0) is 14.8 Å². The number of rotatable bonds is 4. The van der Waals surface area contributed by atoms with E-state index in [1.54, 1.807) is 42.2 Å². The van der Waals surface area contributed by atoms with Crippen LogP contribution in [0.4, 0.5) is 11.4 Å². The summed E-state index contributed by atoms with van der Waals surface area (Å²) in [6.07, 6.45) is 0.498. The van der Waals surface area contributed by atoms with Crippen LogP contribution in [0.15, 0.2) is 89.8 Å². The van der Waals surface area contributed by atoms with Gasteiger partial charge in [0.05, 0.1) is 16.6 Å². The maximum Gasteiger partial charge on any atom is 0.264 e. The zero-order valence-corrected chi connectivity index (χ0v) is 17.8. The first kappa shape index (κ1) is 20.2. The molecule has 0 aliphatic carbocycles. The van der Waals surface area contributed by atoms with E-state index in [0.29, 0.717) is 12.1 Å². The highest BCUT2D eigenvalue weighted by atomic mass is 32.2. The number of anilines is 2. The van der Waals surface area contributed by atoms with Crippen molar-refractivity contribution in [1.29, 1.82) is 0 Å². The summed E-state index contributed by atoms with van der Waals surface area (Å²) in [5, 5.41) is 0. The molecule has 154 valence electrons. The number of nitrogens with zero attached hydrogens (tertiary/aromatic N) is 2. The van der Waals surface area contributed by atoms with E-state index in [0.717, 1.165) is 11.3 Å². The molecule has 30 heavy (non-hydrogen) atoms. The third kappa shape index (κ3) is 3.48. The average Bonchev–Trinajstić information content (AvgIpc) is 2.75. The van der Waals surface area contributed by atoms with E-state index in [-0.39, 0.29) is 22.9 Å². The summed E-state index contributed by atoms with van der Waals surface area (Å²) >= 11 is 0. The summed E-state index contributed by atoms with van der Waals surface area (Å²) in [5.41, 5.74) is 2.25. The highest BCUT2D eigenvalue weighted by Crippen LogP contribution is 2.44. The molecule has 1 aliphatic rings. The second-order valence-corrected chi connectivity index (χ2v) is 9.31. The standard InChI is InChI=1S/C24H24N2O3S/c1-18-17-24(25(19(2)27)20-11-5-3-6-12-20)22-15-9-10-16-23(22)26(18)30(28,29)21-13-7-4-8-14-21/h3-16,18,24H,17H2,1-2H3. The Morgan fingerprint density at radius 3 is 2.10 bits per heavy atom. The third-order valence-electron chi connectivity index (χ3n) is 5.48. The van der Waals surface area contributed by atoms with Crippen molar-refractivity contribution in [2.75, 3.05) is 9.21 Å². The van der Waals surface area contributed by atoms with Crippen molar-refractivity contribution in [1.82, 2.24) is 0 Å². The fourth-order valence-electron chi connectivity index (χ4n) is 4.24. The average molecular weight is 421 g/mol. The monoisotopic (exact) mass is 420 g/mol. The second-order valence-electron chi connectivity index (χ2n) is 7.50. The van der Waals surface area contributed by atoms with Crippen molar-refractivity contribution in [3.8, 4) is 0 Å². The third-order valence-corrected chi connectivity index (χ3v) is 7.43. The Morgan fingerprint density at radius 1 is 0.900 bits per heavy atom. The lowest BCUT2D eigenvalue weighted by molar-refractivity contribution is -0.117. The zero-order chi connectivity index (χ0) is 21.3. The van der Waals surface area contributed by atoms with Crippen LogP contribution >= 0.6 is 0 Å². The molecule has 3 aromatic rings. The van der Waals surface area contributed by atoms with Crippen LogP contribution in [0.2, 0.25) is 0 Å². The predicted molar refractivity (Wildman–Crippen MR) is 119 cm³/mol. The Labute approximate surface area is 177 Å². The summed E-state index contributed by atoms with van der Waals surface area (Å²) in [5.74, 6) is -0.0763. The van der Waals surface area contributed by atoms with Gasteiger partial charge in [0.15, 0.2) is 0 Å². The maximum atomic E-state index is 13.5. The Morgan fingerprint density at radius 2 is 1.47 bits per heavy atom. The highest BCUT2D eigenvalue weighted by Gasteiger charge is 2.40. The fourth-order valence-corrected chi connectivity index (χ4v) is 5.95. The number of carbonyl (C=O) groups excluding carboxylic acids is 1. The minimum Gasteiger partial charge on any atom is -0.305 e. The molecule has 4 rings (SSSR count). The van der Waals surface area contributed by atoms with Gasteiger partial charge in [0, 0.05) is 18.7 Å². The summed E-state index contributed by atoms with van der Waals surface area (Å²) in [6, 6.07) is 24.9. The van der Waals surface area contributed by atoms with E-state index >= 15 is 0 Å². The minimum absolute atomic E-state index is 0.0763. The molecule has 2 atom stereocenters. The van der Waals surface area contributed by atoms with Gasteiger partial charge in [-0.1, -0.05) is 54.6 Å². The molecule has 1 aliphatic heterocycles. The van der Waals surface area contributed by atoms with Gasteiger partial charge >= 0.3 is 0 Å². The maximum absolute atomic E-state index is 13.5. The molecule has 0 N–H and O–H groups in total. The van der Waals surface area contributed by atoms with Gasteiger partial charge in [0.1, 0.15) is 0 Å². The summed E-state index contributed by atoms with van der Waals surface area (Å²) in [6.45, 7) is 3.44. The van der Waals surface area contributed by atoms with E-state index < -0.39 is 10.0 Å². The van der Waals surface area contributed by atoms with Crippen LogP contribution in [0.3, 0.4) is 0 Å². The van der Waals surface area contributed by atoms with Crippen LogP contribution < -0.4 is 9.21 Å². The molecule has 6 heteroatoms. The molecule has 3 aromatic carbocycles. The molecule has 0 saturated heterocycles. The van der Waals surface area contributed by atoms with Gasteiger partial charge in [-0.05, 0) is 49.2 Å². The topological polar surface area (TPSA) is 57.7 Å². The number of benzene rings is 3. The van der Waals surface area contributed by atoms with Gasteiger partial charge in [-0.3, -0.25) is 9.10 Å². The molecule has 1 amide bonds. The number of amides is 1. The van der Waals surface area contributed by atoms with Crippen molar-refractivity contribution in [3.05, 3.63) is 90.5 Å². The van der Waals surface area contributed by atoms with Crippen LogP contribution in [0.1, 0.15) is 31.9 Å². The molecular formula is C24H24N2O3S. The van der Waals surface area contributed by atoms with Gasteiger partial charge in [0.25, 0.3) is 10.0 Å². The van der Waals surface area contributed by atoms with Crippen LogP contribution in [0.25, 0.3) is 0 Å². The lowest BCUT2D eigenvalue weighted by Crippen LogP contribution is -2.47. The first-order chi connectivity index (χ1) is 14.4. The number of fused-ring (bicyclic) bond motifs is 1. The summed E-state index contributed by atoms with van der Waals surface area (Å²) in [7, 11) is -3.73. The highest BCUT2D eigenvalue weighted by molar-refractivity contribution is 7.92. The molecule has 0 fully saturated rings. The molecule has 0 saturated carbocycles. The largest absolute Gasteiger partial charge is 0.305 e. The Bertz CT molecular complexity index is 1150. The van der Waals surface area contributed by atoms with Gasteiger partial charge in [0.2, 0.25) is 5.91 Å². The first-order valence-corrected chi connectivity index (χ1v) is 11.4. The molecule has 0 aromatic heterocycles. The van der Waals surface area contributed by atoms with Crippen molar-refractivity contribution in [2.24, 2.45) is 0 Å². The van der Waals surface area contributed by atoms with E-state index in [1.165, 1.54) is 4.31 Å². The molecule has 2 unspecified atom stereocenters. The lowest BCUT2D eigenvalue weighted by Gasteiger charge is -2.43. The van der Waals surface area contributed by atoms with Crippen molar-refractivity contribution < 1.29 is 13.2 Å². The van der Waals surface area contributed by atoms with E-state index in [2.05, 4.69) is 0 Å². The number of hydrogen-bond donors (Lipinski definition) is 0. The summed E-state index contributed by atoms with van der Waals surface area (Å²) in [4.78, 5) is 14.7. The zero-order valence-electron chi connectivity index (χ0n) is 17.0. The molecule has 1 heterocycles. The van der Waals surface area contributed by atoms with Gasteiger partial charge in [-0.15, -0.1) is 0 Å². The second kappa shape index (κ2) is 7.95. The Hall–Kier alpha value is -3.12. The van der Waals surface area contributed by atoms with Gasteiger partial charge < -0.3 is 4.90 Å². The fraction of sp³-hybridized carbons (Fsp3) is 0.208. The van der Waals surface area contributed by atoms with Crippen LogP contribution in [-0.4, -0.2) is 20.4 Å². The summed E-state index contributed by atoms with van der Waals surface area (Å²) < 4.78 is 28.5.